The van der Waals surface area contributed by atoms with E-state index >= 15 is 0 Å². The van der Waals surface area contributed by atoms with Gasteiger partial charge in [0.15, 0.2) is 0 Å². The normalized spacial score (nSPS) is 10.8. The first-order valence-corrected chi connectivity index (χ1v) is 7.07. The van der Waals surface area contributed by atoms with Crippen LogP contribution in [0.4, 0.5) is 0 Å². The van der Waals surface area contributed by atoms with E-state index in [-0.39, 0.29) is 0 Å². The third kappa shape index (κ3) is 3.23. The summed E-state index contributed by atoms with van der Waals surface area (Å²) in [4.78, 5) is 0. The number of benzene rings is 2. The van der Waals surface area contributed by atoms with Gasteiger partial charge in [-0.15, -0.1) is 0 Å². The number of hydrogen-bond acceptors (Lipinski definition) is 1. The topological polar surface area (TPSA) is 20.5 Å². The van der Waals surface area contributed by atoms with Crippen molar-refractivity contribution in [3.63, 3.8) is 0 Å². The molecule has 2 heteroatoms. The molecule has 1 aromatic heterocycles. The minimum atomic E-state index is 0.811. The molecule has 0 saturated heterocycles. The molecule has 22 heavy (non-hydrogen) atoms. The lowest BCUT2D eigenvalue weighted by Crippen LogP contribution is -1.85. The standard InChI is InChI=1S/C20H16O2/c1-21-13-12-16-14-19(17-8-4-2-5-9-17)22-20(15-16)18-10-6-3-7-11-18/h2-12,14-15H,1H3. The van der Waals surface area contributed by atoms with Crippen LogP contribution in [-0.4, -0.2) is 7.11 Å². The van der Waals surface area contributed by atoms with Gasteiger partial charge in [-0.05, 0) is 36.4 Å². The maximum Gasteiger partial charge on any atom is 0.343 e. The average molecular weight is 288 g/mol. The van der Waals surface area contributed by atoms with E-state index in [0.29, 0.717) is 0 Å². The van der Waals surface area contributed by atoms with Gasteiger partial charge in [-0.3, -0.25) is 0 Å². The van der Waals surface area contributed by atoms with Gasteiger partial charge in [0.1, 0.15) is 0 Å². The molecule has 1 heterocycles. The Hall–Kier alpha value is -2.87. The van der Waals surface area contributed by atoms with Gasteiger partial charge in [-0.1, -0.05) is 42.7 Å². The molecule has 0 aliphatic carbocycles. The SMILES string of the molecule is CO[C-]=Cc1cc(-c2ccccc2)[o+]c(-c2ccccc2)c1. The van der Waals surface area contributed by atoms with Crippen molar-refractivity contribution >= 4 is 6.08 Å². The Balaban J connectivity index is 2.12. The quantitative estimate of drug-likeness (QED) is 0.368. The van der Waals surface area contributed by atoms with Gasteiger partial charge in [0.05, 0.1) is 18.2 Å². The fourth-order valence-corrected chi connectivity index (χ4v) is 2.22. The Morgan fingerprint density at radius 2 is 1.32 bits per heavy atom. The first-order chi connectivity index (χ1) is 10.9. The third-order valence-electron chi connectivity index (χ3n) is 3.28. The molecule has 0 aliphatic heterocycles. The Bertz CT molecular complexity index is 704. The van der Waals surface area contributed by atoms with Crippen LogP contribution in [0.1, 0.15) is 5.56 Å². The third-order valence-corrected chi connectivity index (χ3v) is 3.28. The highest BCUT2D eigenvalue weighted by Gasteiger charge is 2.15. The van der Waals surface area contributed by atoms with Gasteiger partial charge in [0.25, 0.3) is 0 Å². The molecule has 3 aromatic rings. The van der Waals surface area contributed by atoms with E-state index in [0.717, 1.165) is 28.2 Å². The highest BCUT2D eigenvalue weighted by atomic mass is 16.5. The Morgan fingerprint density at radius 3 is 1.77 bits per heavy atom. The van der Waals surface area contributed by atoms with Crippen LogP contribution >= 0.6 is 0 Å². The van der Waals surface area contributed by atoms with E-state index in [1.165, 1.54) is 0 Å². The molecule has 0 bridgehead atoms. The van der Waals surface area contributed by atoms with E-state index in [1.54, 1.807) is 13.2 Å². The number of ether oxygens (including phenoxy) is 1. The minimum absolute atomic E-state index is 0.811. The summed E-state index contributed by atoms with van der Waals surface area (Å²) < 4.78 is 11.0. The largest absolute Gasteiger partial charge is 0.596 e. The van der Waals surface area contributed by atoms with Crippen molar-refractivity contribution < 1.29 is 9.15 Å². The Morgan fingerprint density at radius 1 is 0.818 bits per heavy atom. The van der Waals surface area contributed by atoms with Crippen LogP contribution in [0.15, 0.2) is 77.2 Å². The molecular weight excluding hydrogens is 272 g/mol. The van der Waals surface area contributed by atoms with Gasteiger partial charge >= 0.3 is 11.5 Å². The molecule has 3 rings (SSSR count). The molecule has 0 N–H and O–H groups in total. The molecule has 0 atom stereocenters. The molecule has 0 fully saturated rings. The molecule has 0 unspecified atom stereocenters. The summed E-state index contributed by atoms with van der Waals surface area (Å²) in [6, 6.07) is 24.0. The molecule has 108 valence electrons. The number of rotatable bonds is 4. The molecule has 0 amide bonds. The first kappa shape index (κ1) is 14.1. The zero-order chi connectivity index (χ0) is 15.2. The average Bonchev–Trinajstić information content (AvgIpc) is 2.61. The van der Waals surface area contributed by atoms with Gasteiger partial charge in [-0.2, -0.15) is 11.6 Å². The molecule has 2 nitrogen and oxygen atoms in total. The molecular formula is C20H16O2. The lowest BCUT2D eigenvalue weighted by Gasteiger charge is -2.03. The summed E-state index contributed by atoms with van der Waals surface area (Å²) >= 11 is 0. The van der Waals surface area contributed by atoms with E-state index < -0.39 is 0 Å². The highest BCUT2D eigenvalue weighted by Crippen LogP contribution is 2.28. The summed E-state index contributed by atoms with van der Waals surface area (Å²) in [5.41, 5.74) is 3.05. The monoisotopic (exact) mass is 288 g/mol. The summed E-state index contributed by atoms with van der Waals surface area (Å²) in [6.45, 7) is 0. The second-order valence-electron chi connectivity index (χ2n) is 4.82. The Kier molecular flexibility index (Phi) is 4.30. The van der Waals surface area contributed by atoms with Gasteiger partial charge in [0.2, 0.25) is 0 Å². The Labute approximate surface area is 130 Å². The van der Waals surface area contributed by atoms with E-state index in [2.05, 4.69) is 6.26 Å². The van der Waals surface area contributed by atoms with E-state index in [9.17, 15) is 0 Å². The zero-order valence-electron chi connectivity index (χ0n) is 12.3. The zero-order valence-corrected chi connectivity index (χ0v) is 12.3. The van der Waals surface area contributed by atoms with Crippen molar-refractivity contribution in [2.24, 2.45) is 0 Å². The van der Waals surface area contributed by atoms with Crippen molar-refractivity contribution in [2.45, 2.75) is 0 Å². The van der Waals surface area contributed by atoms with E-state index in [1.807, 2.05) is 72.8 Å². The predicted octanol–water partition coefficient (Wildman–Crippen LogP) is 5.31. The molecule has 0 spiro atoms. The van der Waals surface area contributed by atoms with Crippen molar-refractivity contribution in [2.75, 3.05) is 7.11 Å². The summed E-state index contributed by atoms with van der Waals surface area (Å²) in [7, 11) is 1.58. The van der Waals surface area contributed by atoms with Crippen molar-refractivity contribution in [3.05, 3.63) is 84.6 Å². The van der Waals surface area contributed by atoms with Gasteiger partial charge < -0.3 is 4.74 Å². The molecule has 0 radical (unpaired) electrons. The van der Waals surface area contributed by atoms with Crippen LogP contribution in [-0.2, 0) is 4.74 Å². The molecule has 2 aromatic carbocycles. The maximum atomic E-state index is 6.08. The van der Waals surface area contributed by atoms with E-state index in [4.69, 9.17) is 9.15 Å². The lowest BCUT2D eigenvalue weighted by atomic mass is 10.1. The second-order valence-corrected chi connectivity index (χ2v) is 4.82. The minimum Gasteiger partial charge on any atom is -0.596 e. The first-order valence-electron chi connectivity index (χ1n) is 7.07. The van der Waals surface area contributed by atoms with Crippen LogP contribution in [0.5, 0.6) is 0 Å². The fourth-order valence-electron chi connectivity index (χ4n) is 2.22. The number of hydrogen-bond donors (Lipinski definition) is 0. The summed E-state index contributed by atoms with van der Waals surface area (Å²) in [5, 5.41) is 0. The lowest BCUT2D eigenvalue weighted by molar-refractivity contribution is 0.316. The van der Waals surface area contributed by atoms with Gasteiger partial charge in [0, 0.05) is 0 Å². The smallest absolute Gasteiger partial charge is 0.343 e. The van der Waals surface area contributed by atoms with Crippen LogP contribution in [0.2, 0.25) is 0 Å². The van der Waals surface area contributed by atoms with Crippen LogP contribution < -0.4 is 0 Å². The molecule has 0 aliphatic rings. The van der Waals surface area contributed by atoms with Crippen molar-refractivity contribution in [1.29, 1.82) is 0 Å². The van der Waals surface area contributed by atoms with Crippen LogP contribution in [0, 0.1) is 6.26 Å². The maximum absolute atomic E-state index is 6.08. The second kappa shape index (κ2) is 6.72. The van der Waals surface area contributed by atoms with Crippen LogP contribution in [0.25, 0.3) is 28.7 Å². The fraction of sp³-hybridized carbons (Fsp3) is 0.0500. The molecule has 0 saturated carbocycles. The van der Waals surface area contributed by atoms with Crippen molar-refractivity contribution in [3.8, 4) is 22.6 Å². The number of methoxy groups -OCH3 is 1. The predicted molar refractivity (Wildman–Crippen MR) is 88.7 cm³/mol. The van der Waals surface area contributed by atoms with Crippen LogP contribution in [0.3, 0.4) is 0 Å². The van der Waals surface area contributed by atoms with Crippen molar-refractivity contribution in [1.82, 2.24) is 0 Å². The summed E-state index contributed by atoms with van der Waals surface area (Å²) in [5.74, 6) is 1.62. The van der Waals surface area contributed by atoms with Gasteiger partial charge in [-0.25, -0.2) is 4.42 Å². The summed E-state index contributed by atoms with van der Waals surface area (Å²) in [6.07, 6.45) is 4.56. The highest BCUT2D eigenvalue weighted by molar-refractivity contribution is 5.67.